The van der Waals surface area contributed by atoms with Crippen molar-refractivity contribution in [3.63, 3.8) is 0 Å². The molecule has 0 saturated carbocycles. The van der Waals surface area contributed by atoms with E-state index in [-0.39, 0.29) is 6.04 Å². The van der Waals surface area contributed by atoms with Gasteiger partial charge in [0, 0.05) is 25.3 Å². The van der Waals surface area contributed by atoms with Crippen LogP contribution in [0.1, 0.15) is 11.6 Å². The van der Waals surface area contributed by atoms with E-state index in [0.717, 1.165) is 31.9 Å². The number of anilines is 1. The zero-order valence-electron chi connectivity index (χ0n) is 17.0. The van der Waals surface area contributed by atoms with Gasteiger partial charge in [-0.2, -0.15) is 0 Å². The Bertz CT molecular complexity index is 846. The number of nitrogens with zero attached hydrogens (tertiary/aromatic N) is 1. The number of likely N-dealkylation sites (N-methyl/N-ethyl adjacent to an activating group) is 1. The molecule has 3 rings (SSSR count). The van der Waals surface area contributed by atoms with Crippen molar-refractivity contribution in [2.45, 2.75) is 10.9 Å². The summed E-state index contributed by atoms with van der Waals surface area (Å²) in [6, 6.07) is 17.2. The zero-order chi connectivity index (χ0) is 20.1. The lowest BCUT2D eigenvalue weighted by atomic mass is 10.0. The lowest BCUT2D eigenvalue weighted by Crippen LogP contribution is -3.27. The van der Waals surface area contributed by atoms with Crippen molar-refractivity contribution in [3.05, 3.63) is 60.2 Å². The van der Waals surface area contributed by atoms with Crippen LogP contribution in [0.4, 0.5) is 5.69 Å². The SMILES string of the molecule is CN(C)c1ccc([C@@H](CNS(=O)(=O)c2ccccc2)[NH+]2CC[NH+](C)CC2)cc1. The molecule has 1 fully saturated rings. The van der Waals surface area contributed by atoms with Crippen molar-refractivity contribution < 1.29 is 18.2 Å². The first-order valence-electron chi connectivity index (χ1n) is 9.85. The zero-order valence-corrected chi connectivity index (χ0v) is 17.8. The summed E-state index contributed by atoms with van der Waals surface area (Å²) in [6.45, 7) is 4.69. The Morgan fingerprint density at radius 2 is 1.57 bits per heavy atom. The van der Waals surface area contributed by atoms with Crippen LogP contribution in [0.3, 0.4) is 0 Å². The number of rotatable bonds is 7. The topological polar surface area (TPSA) is 58.3 Å². The van der Waals surface area contributed by atoms with Gasteiger partial charge >= 0.3 is 0 Å². The maximum Gasteiger partial charge on any atom is 0.240 e. The van der Waals surface area contributed by atoms with Crippen LogP contribution >= 0.6 is 0 Å². The summed E-state index contributed by atoms with van der Waals surface area (Å²) in [4.78, 5) is 5.37. The molecule has 3 N–H and O–H groups in total. The van der Waals surface area contributed by atoms with Crippen molar-refractivity contribution in [1.82, 2.24) is 4.72 Å². The fourth-order valence-corrected chi connectivity index (χ4v) is 4.79. The average molecular weight is 405 g/mol. The molecule has 1 heterocycles. The summed E-state index contributed by atoms with van der Waals surface area (Å²) in [6.07, 6.45) is 0. The fourth-order valence-electron chi connectivity index (χ4n) is 3.73. The van der Waals surface area contributed by atoms with Crippen LogP contribution in [0.15, 0.2) is 59.5 Å². The van der Waals surface area contributed by atoms with Crippen molar-refractivity contribution >= 4 is 15.7 Å². The maximum atomic E-state index is 12.7. The largest absolute Gasteiger partial charge is 0.378 e. The van der Waals surface area contributed by atoms with Gasteiger partial charge in [0.15, 0.2) is 0 Å². The van der Waals surface area contributed by atoms with Gasteiger partial charge in [-0.1, -0.05) is 30.3 Å². The molecule has 0 unspecified atom stereocenters. The van der Waals surface area contributed by atoms with E-state index >= 15 is 0 Å². The minimum absolute atomic E-state index is 0.0998. The first kappa shape index (κ1) is 20.8. The third-order valence-electron chi connectivity index (χ3n) is 5.58. The molecule has 0 aromatic heterocycles. The van der Waals surface area contributed by atoms with Gasteiger partial charge in [0.05, 0.1) is 18.5 Å². The molecule has 0 bridgehead atoms. The van der Waals surface area contributed by atoms with Crippen LogP contribution in [0.2, 0.25) is 0 Å². The predicted octanol–water partition coefficient (Wildman–Crippen LogP) is -0.815. The summed E-state index contributed by atoms with van der Waals surface area (Å²) in [5, 5.41) is 0. The molecule has 1 saturated heterocycles. The Hall–Kier alpha value is -1.93. The minimum atomic E-state index is -3.51. The number of quaternary nitrogens is 2. The van der Waals surface area contributed by atoms with E-state index in [9.17, 15) is 8.42 Å². The van der Waals surface area contributed by atoms with Crippen molar-refractivity contribution in [2.24, 2.45) is 0 Å². The van der Waals surface area contributed by atoms with E-state index in [2.05, 4.69) is 40.9 Å². The summed E-state index contributed by atoms with van der Waals surface area (Å²) in [5.41, 5.74) is 2.32. The molecule has 0 radical (unpaired) electrons. The molecule has 2 aromatic carbocycles. The monoisotopic (exact) mass is 404 g/mol. The smallest absolute Gasteiger partial charge is 0.240 e. The van der Waals surface area contributed by atoms with Gasteiger partial charge < -0.3 is 14.7 Å². The molecule has 28 heavy (non-hydrogen) atoms. The Kier molecular flexibility index (Phi) is 6.72. The van der Waals surface area contributed by atoms with Crippen LogP contribution < -0.4 is 19.4 Å². The molecule has 7 heteroatoms. The molecular formula is C21H32N4O2S+2. The highest BCUT2D eigenvalue weighted by Gasteiger charge is 2.30. The standard InChI is InChI=1S/C21H30N4O2S/c1-23(2)19-11-9-18(10-12-19)21(25-15-13-24(3)14-16-25)17-22-28(26,27)20-7-5-4-6-8-20/h4-12,21-22H,13-17H2,1-3H3/p+2/t21-/m1/s1. The van der Waals surface area contributed by atoms with Crippen LogP contribution in [0.5, 0.6) is 0 Å². The number of hydrogen-bond donors (Lipinski definition) is 3. The normalized spacial score (nSPS) is 21.2. The van der Waals surface area contributed by atoms with E-state index in [0.29, 0.717) is 11.4 Å². The predicted molar refractivity (Wildman–Crippen MR) is 112 cm³/mol. The number of benzene rings is 2. The third kappa shape index (κ3) is 5.11. The number of hydrogen-bond acceptors (Lipinski definition) is 3. The fraction of sp³-hybridized carbons (Fsp3) is 0.429. The molecule has 6 nitrogen and oxygen atoms in total. The van der Waals surface area contributed by atoms with Crippen LogP contribution in [0.25, 0.3) is 0 Å². The van der Waals surface area contributed by atoms with E-state index in [1.54, 1.807) is 24.3 Å². The van der Waals surface area contributed by atoms with Gasteiger partial charge in [0.1, 0.15) is 32.2 Å². The summed E-state index contributed by atoms with van der Waals surface area (Å²) < 4.78 is 28.3. The second-order valence-corrected chi connectivity index (χ2v) is 9.59. The lowest BCUT2D eigenvalue weighted by Gasteiger charge is -2.33. The Morgan fingerprint density at radius 3 is 2.14 bits per heavy atom. The van der Waals surface area contributed by atoms with Gasteiger partial charge in [-0.3, -0.25) is 0 Å². The van der Waals surface area contributed by atoms with Gasteiger partial charge in [0.25, 0.3) is 0 Å². The summed E-state index contributed by atoms with van der Waals surface area (Å²) in [5.74, 6) is 0. The maximum absolute atomic E-state index is 12.7. The highest BCUT2D eigenvalue weighted by Crippen LogP contribution is 2.17. The molecular weight excluding hydrogens is 372 g/mol. The Morgan fingerprint density at radius 1 is 0.964 bits per heavy atom. The third-order valence-corrected chi connectivity index (χ3v) is 7.02. The molecule has 1 atom stereocenters. The van der Waals surface area contributed by atoms with Crippen LogP contribution in [-0.2, 0) is 10.0 Å². The van der Waals surface area contributed by atoms with E-state index in [1.165, 1.54) is 15.4 Å². The molecule has 0 amide bonds. The van der Waals surface area contributed by atoms with Gasteiger partial charge in [-0.25, -0.2) is 13.1 Å². The second kappa shape index (κ2) is 9.05. The van der Waals surface area contributed by atoms with E-state index < -0.39 is 10.0 Å². The Balaban J connectivity index is 1.80. The molecule has 0 spiro atoms. The highest BCUT2D eigenvalue weighted by molar-refractivity contribution is 7.89. The van der Waals surface area contributed by atoms with Gasteiger partial charge in [-0.15, -0.1) is 0 Å². The van der Waals surface area contributed by atoms with Gasteiger partial charge in [0.2, 0.25) is 10.0 Å². The average Bonchev–Trinajstić information content (AvgIpc) is 2.70. The number of sulfonamides is 1. The highest BCUT2D eigenvalue weighted by atomic mass is 32.2. The van der Waals surface area contributed by atoms with E-state index in [1.807, 2.05) is 20.2 Å². The molecule has 2 aromatic rings. The van der Waals surface area contributed by atoms with Crippen molar-refractivity contribution in [1.29, 1.82) is 0 Å². The van der Waals surface area contributed by atoms with E-state index in [4.69, 9.17) is 0 Å². The first-order valence-corrected chi connectivity index (χ1v) is 11.3. The van der Waals surface area contributed by atoms with Gasteiger partial charge in [-0.05, 0) is 24.3 Å². The molecule has 0 aliphatic carbocycles. The minimum Gasteiger partial charge on any atom is -0.378 e. The summed E-state index contributed by atoms with van der Waals surface area (Å²) >= 11 is 0. The molecule has 1 aliphatic rings. The van der Waals surface area contributed by atoms with Crippen molar-refractivity contribution in [2.75, 3.05) is 58.8 Å². The second-order valence-electron chi connectivity index (χ2n) is 7.82. The number of nitrogens with one attached hydrogen (secondary N) is 3. The lowest BCUT2D eigenvalue weighted by molar-refractivity contribution is -1.02. The first-order chi connectivity index (χ1) is 13.4. The quantitative estimate of drug-likeness (QED) is 0.566. The van der Waals surface area contributed by atoms with Crippen LogP contribution in [0, 0.1) is 0 Å². The molecule has 1 aliphatic heterocycles. The number of piperazine rings is 1. The van der Waals surface area contributed by atoms with Crippen molar-refractivity contribution in [3.8, 4) is 0 Å². The van der Waals surface area contributed by atoms with Crippen LogP contribution in [-0.4, -0.2) is 62.3 Å². The Labute approximate surface area is 168 Å². The summed E-state index contributed by atoms with van der Waals surface area (Å²) in [7, 11) is 2.75. The molecule has 152 valence electrons.